The molecular weight excluding hydrogens is 292 g/mol. The smallest absolute Gasteiger partial charge is 0.348 e. The lowest BCUT2D eigenvalue weighted by molar-refractivity contribution is 0.0531. The van der Waals surface area contributed by atoms with Gasteiger partial charge in [-0.15, -0.1) is 11.3 Å². The first-order valence-corrected chi connectivity index (χ1v) is 7.27. The van der Waals surface area contributed by atoms with Gasteiger partial charge in [0.2, 0.25) is 5.76 Å². The highest BCUT2D eigenvalue weighted by molar-refractivity contribution is 7.18. The van der Waals surface area contributed by atoms with Crippen molar-refractivity contribution in [1.29, 1.82) is 0 Å². The molecule has 0 aliphatic rings. The summed E-state index contributed by atoms with van der Waals surface area (Å²) >= 11 is 1.17. The number of carbonyl (C=O) groups excluding carboxylic acids is 2. The standard InChI is InChI=1S/C14H16N2O4S/c1-5-19-14(18)12-7(2)6-10(21-12)16-13(17)11-8(3)15-9(4)20-11/h6H,5H2,1-4H3,(H,16,17). The molecule has 1 N–H and O–H groups in total. The van der Waals surface area contributed by atoms with E-state index in [4.69, 9.17) is 9.15 Å². The number of amides is 1. The molecular formula is C14H16N2O4S. The molecule has 0 atom stereocenters. The number of oxazole rings is 1. The summed E-state index contributed by atoms with van der Waals surface area (Å²) in [5, 5.41) is 3.27. The number of hydrogen-bond acceptors (Lipinski definition) is 6. The van der Waals surface area contributed by atoms with Crippen molar-refractivity contribution < 1.29 is 18.7 Å². The Balaban J connectivity index is 2.17. The molecule has 2 heterocycles. The van der Waals surface area contributed by atoms with Gasteiger partial charge in [0.15, 0.2) is 5.89 Å². The fraction of sp³-hybridized carbons (Fsp3) is 0.357. The van der Waals surface area contributed by atoms with E-state index in [0.29, 0.717) is 28.1 Å². The van der Waals surface area contributed by atoms with Gasteiger partial charge in [-0.05, 0) is 32.4 Å². The van der Waals surface area contributed by atoms with E-state index in [1.165, 1.54) is 11.3 Å². The number of aromatic nitrogens is 1. The summed E-state index contributed by atoms with van der Waals surface area (Å²) in [6, 6.07) is 1.73. The van der Waals surface area contributed by atoms with Crippen molar-refractivity contribution in [2.24, 2.45) is 0 Å². The largest absolute Gasteiger partial charge is 0.462 e. The fourth-order valence-electron chi connectivity index (χ4n) is 1.85. The van der Waals surface area contributed by atoms with Crippen LogP contribution >= 0.6 is 11.3 Å². The van der Waals surface area contributed by atoms with Gasteiger partial charge in [-0.1, -0.05) is 0 Å². The number of esters is 1. The summed E-state index contributed by atoms with van der Waals surface area (Å²) in [7, 11) is 0. The van der Waals surface area contributed by atoms with E-state index in [0.717, 1.165) is 5.56 Å². The van der Waals surface area contributed by atoms with Crippen LogP contribution in [0, 0.1) is 20.8 Å². The van der Waals surface area contributed by atoms with Crippen molar-refractivity contribution in [3.8, 4) is 0 Å². The second-order valence-electron chi connectivity index (χ2n) is 4.44. The van der Waals surface area contributed by atoms with Crippen molar-refractivity contribution in [2.75, 3.05) is 11.9 Å². The number of hydrogen-bond donors (Lipinski definition) is 1. The highest BCUT2D eigenvalue weighted by Crippen LogP contribution is 2.28. The Morgan fingerprint density at radius 1 is 1.38 bits per heavy atom. The molecule has 0 aromatic carbocycles. The molecule has 7 heteroatoms. The maximum Gasteiger partial charge on any atom is 0.348 e. The Hall–Kier alpha value is -2.15. The summed E-state index contributed by atoms with van der Waals surface area (Å²) in [4.78, 5) is 28.4. The van der Waals surface area contributed by atoms with Gasteiger partial charge >= 0.3 is 5.97 Å². The van der Waals surface area contributed by atoms with Crippen LogP contribution in [0.3, 0.4) is 0 Å². The van der Waals surface area contributed by atoms with Gasteiger partial charge in [0.1, 0.15) is 4.88 Å². The topological polar surface area (TPSA) is 81.4 Å². The number of carbonyl (C=O) groups is 2. The average molecular weight is 308 g/mol. The van der Waals surface area contributed by atoms with Gasteiger partial charge < -0.3 is 14.5 Å². The second-order valence-corrected chi connectivity index (χ2v) is 5.50. The first kappa shape index (κ1) is 15.2. The molecule has 0 aliphatic heterocycles. The van der Waals surface area contributed by atoms with E-state index in [9.17, 15) is 9.59 Å². The maximum atomic E-state index is 12.1. The molecule has 21 heavy (non-hydrogen) atoms. The van der Waals surface area contributed by atoms with Gasteiger partial charge in [0, 0.05) is 6.92 Å². The normalized spacial score (nSPS) is 10.5. The van der Waals surface area contributed by atoms with Crippen molar-refractivity contribution >= 4 is 28.2 Å². The SMILES string of the molecule is CCOC(=O)c1sc(NC(=O)c2oc(C)nc2C)cc1C. The lowest BCUT2D eigenvalue weighted by Crippen LogP contribution is -2.11. The number of aryl methyl sites for hydroxylation is 3. The molecule has 1 amide bonds. The van der Waals surface area contributed by atoms with E-state index >= 15 is 0 Å². The van der Waals surface area contributed by atoms with Crippen LogP contribution in [0.15, 0.2) is 10.5 Å². The molecule has 2 aromatic rings. The van der Waals surface area contributed by atoms with Crippen LogP contribution in [0.25, 0.3) is 0 Å². The first-order valence-electron chi connectivity index (χ1n) is 6.45. The average Bonchev–Trinajstić information content (AvgIpc) is 2.92. The van der Waals surface area contributed by atoms with Gasteiger partial charge in [0.05, 0.1) is 17.3 Å². The Bertz CT molecular complexity index is 687. The number of nitrogens with zero attached hydrogens (tertiary/aromatic N) is 1. The fourth-order valence-corrected chi connectivity index (χ4v) is 2.82. The lowest BCUT2D eigenvalue weighted by Gasteiger charge is -2.00. The van der Waals surface area contributed by atoms with Crippen LogP contribution in [0.2, 0.25) is 0 Å². The lowest BCUT2D eigenvalue weighted by atomic mass is 10.3. The zero-order chi connectivity index (χ0) is 15.6. The third kappa shape index (κ3) is 3.30. The number of ether oxygens (including phenoxy) is 1. The van der Waals surface area contributed by atoms with Crippen LogP contribution < -0.4 is 5.32 Å². The van der Waals surface area contributed by atoms with Crippen molar-refractivity contribution in [1.82, 2.24) is 4.98 Å². The number of anilines is 1. The van der Waals surface area contributed by atoms with Crippen LogP contribution in [0.5, 0.6) is 0 Å². The van der Waals surface area contributed by atoms with Crippen molar-refractivity contribution in [3.05, 3.63) is 33.9 Å². The minimum atomic E-state index is -0.384. The van der Waals surface area contributed by atoms with E-state index < -0.39 is 0 Å². The van der Waals surface area contributed by atoms with E-state index in [2.05, 4.69) is 10.3 Å². The van der Waals surface area contributed by atoms with Crippen LogP contribution in [0.1, 0.15) is 44.3 Å². The minimum Gasteiger partial charge on any atom is -0.462 e. The molecule has 0 fully saturated rings. The molecule has 2 rings (SSSR count). The second kappa shape index (κ2) is 6.09. The summed E-state index contributed by atoms with van der Waals surface area (Å²) in [6.07, 6.45) is 0. The molecule has 0 radical (unpaired) electrons. The molecule has 0 unspecified atom stereocenters. The highest BCUT2D eigenvalue weighted by Gasteiger charge is 2.19. The summed E-state index contributed by atoms with van der Waals surface area (Å²) < 4.78 is 10.2. The number of thiophene rings is 1. The van der Waals surface area contributed by atoms with Gasteiger partial charge in [-0.2, -0.15) is 0 Å². The van der Waals surface area contributed by atoms with Gasteiger partial charge in [0.25, 0.3) is 5.91 Å². The number of rotatable bonds is 4. The third-order valence-corrected chi connectivity index (χ3v) is 3.86. The Labute approximate surface area is 126 Å². The van der Waals surface area contributed by atoms with Gasteiger partial charge in [-0.25, -0.2) is 9.78 Å². The van der Waals surface area contributed by atoms with E-state index in [1.54, 1.807) is 33.8 Å². The molecule has 2 aromatic heterocycles. The zero-order valence-electron chi connectivity index (χ0n) is 12.3. The Morgan fingerprint density at radius 3 is 2.67 bits per heavy atom. The third-order valence-electron chi connectivity index (χ3n) is 2.73. The van der Waals surface area contributed by atoms with Gasteiger partial charge in [-0.3, -0.25) is 4.79 Å². The van der Waals surface area contributed by atoms with Crippen molar-refractivity contribution in [2.45, 2.75) is 27.7 Å². The van der Waals surface area contributed by atoms with E-state index in [-0.39, 0.29) is 17.6 Å². The Morgan fingerprint density at radius 2 is 2.10 bits per heavy atom. The highest BCUT2D eigenvalue weighted by atomic mass is 32.1. The van der Waals surface area contributed by atoms with Crippen LogP contribution in [-0.2, 0) is 4.74 Å². The molecule has 0 bridgehead atoms. The Kier molecular flexibility index (Phi) is 4.42. The zero-order valence-corrected chi connectivity index (χ0v) is 13.1. The first-order chi connectivity index (χ1) is 9.92. The van der Waals surface area contributed by atoms with Crippen LogP contribution in [-0.4, -0.2) is 23.5 Å². The predicted octanol–water partition coefficient (Wildman–Crippen LogP) is 3.09. The van der Waals surface area contributed by atoms with Crippen LogP contribution in [0.4, 0.5) is 5.00 Å². The molecule has 0 spiro atoms. The molecule has 6 nitrogen and oxygen atoms in total. The quantitative estimate of drug-likeness (QED) is 0.878. The van der Waals surface area contributed by atoms with Crippen molar-refractivity contribution in [3.63, 3.8) is 0 Å². The monoisotopic (exact) mass is 308 g/mol. The minimum absolute atomic E-state index is 0.177. The number of nitrogens with one attached hydrogen (secondary N) is 1. The summed E-state index contributed by atoms with van der Waals surface area (Å²) in [6.45, 7) is 7.24. The summed E-state index contributed by atoms with van der Waals surface area (Å²) in [5.74, 6) is -0.152. The molecule has 112 valence electrons. The predicted molar refractivity (Wildman–Crippen MR) is 78.9 cm³/mol. The molecule has 0 saturated heterocycles. The molecule has 0 saturated carbocycles. The van der Waals surface area contributed by atoms with E-state index in [1.807, 2.05) is 0 Å². The summed E-state index contributed by atoms with van der Waals surface area (Å²) in [5.41, 5.74) is 1.29. The molecule has 0 aliphatic carbocycles. The maximum absolute atomic E-state index is 12.1.